The number of hydrogen-bond donors (Lipinski definition) is 0. The molecule has 2 heterocycles. The van der Waals surface area contributed by atoms with Gasteiger partial charge in [0.05, 0.1) is 16.6 Å². The molecule has 0 aliphatic heterocycles. The highest BCUT2D eigenvalue weighted by molar-refractivity contribution is 7.85. The highest BCUT2D eigenvalue weighted by Crippen LogP contribution is 2.43. The number of fused-ring (bicyclic) bond motifs is 5. The summed E-state index contributed by atoms with van der Waals surface area (Å²) in [5, 5.41) is 6.06. The van der Waals surface area contributed by atoms with Gasteiger partial charge in [0.1, 0.15) is 0 Å². The second-order valence-electron chi connectivity index (χ2n) is 10.6. The fourth-order valence-corrected chi connectivity index (χ4v) is 8.98. The summed E-state index contributed by atoms with van der Waals surface area (Å²) in [6.07, 6.45) is 2.13. The first-order valence-corrected chi connectivity index (χ1v) is 15.8. The largest absolute Gasteiger partial charge is 0.315 e. The maximum Gasteiger partial charge on any atom is 0.171 e. The summed E-state index contributed by atoms with van der Waals surface area (Å²) >= 11 is 0. The van der Waals surface area contributed by atoms with Crippen molar-refractivity contribution in [1.29, 1.82) is 0 Å². The predicted molar refractivity (Wildman–Crippen MR) is 177 cm³/mol. The third-order valence-electron chi connectivity index (χ3n) is 8.21. The molecule has 42 heavy (non-hydrogen) atoms. The zero-order valence-corrected chi connectivity index (χ0v) is 23.7. The highest BCUT2D eigenvalue weighted by atomic mass is 31.2. The molecule has 8 aromatic rings. The zero-order chi connectivity index (χ0) is 28.1. The first kappa shape index (κ1) is 24.7. The van der Waals surface area contributed by atoms with E-state index >= 15 is 4.57 Å². The standard InChI is InChI=1S/C38H27N2OP/c41-42(31-16-6-2-7-17-31,32-18-8-3-9-19-32)33-20-12-15-30(27-33)39-26-25-28-23-24-35-34-21-10-11-22-36(34)40(38(35)37(28)39)29-13-4-1-5-14-29/h1-27H. The van der Waals surface area contributed by atoms with Crippen molar-refractivity contribution in [2.24, 2.45) is 0 Å². The van der Waals surface area contributed by atoms with Crippen molar-refractivity contribution in [3.63, 3.8) is 0 Å². The van der Waals surface area contributed by atoms with E-state index in [-0.39, 0.29) is 0 Å². The molecule has 3 nitrogen and oxygen atoms in total. The molecule has 0 saturated heterocycles. The molecular formula is C38H27N2OP. The summed E-state index contributed by atoms with van der Waals surface area (Å²) in [6, 6.07) is 53.7. The van der Waals surface area contributed by atoms with Crippen molar-refractivity contribution in [2.75, 3.05) is 0 Å². The van der Waals surface area contributed by atoms with Gasteiger partial charge in [-0.1, -0.05) is 121 Å². The van der Waals surface area contributed by atoms with Crippen LogP contribution in [0, 0.1) is 0 Å². The van der Waals surface area contributed by atoms with Crippen LogP contribution >= 0.6 is 7.14 Å². The molecule has 0 bridgehead atoms. The Balaban J connectivity index is 1.42. The van der Waals surface area contributed by atoms with Crippen molar-refractivity contribution in [3.05, 3.63) is 164 Å². The second-order valence-corrected chi connectivity index (χ2v) is 13.3. The molecule has 4 heteroatoms. The molecule has 0 N–H and O–H groups in total. The molecule has 2 aromatic heterocycles. The molecule has 0 unspecified atom stereocenters. The van der Waals surface area contributed by atoms with Crippen LogP contribution in [-0.2, 0) is 4.57 Å². The van der Waals surface area contributed by atoms with E-state index in [1.54, 1.807) is 0 Å². The van der Waals surface area contributed by atoms with E-state index in [1.165, 1.54) is 16.3 Å². The van der Waals surface area contributed by atoms with Crippen molar-refractivity contribution < 1.29 is 4.57 Å². The minimum Gasteiger partial charge on any atom is -0.315 e. The van der Waals surface area contributed by atoms with Crippen LogP contribution in [0.3, 0.4) is 0 Å². The maximum atomic E-state index is 15.2. The smallest absolute Gasteiger partial charge is 0.171 e. The molecule has 0 aliphatic carbocycles. The van der Waals surface area contributed by atoms with E-state index in [2.05, 4.69) is 100 Å². The number of aromatic nitrogens is 2. The minimum absolute atomic E-state index is 0.815. The Labute approximate surface area is 244 Å². The lowest BCUT2D eigenvalue weighted by molar-refractivity contribution is 0.592. The molecule has 0 atom stereocenters. The fourth-order valence-electron chi connectivity index (χ4n) is 6.30. The van der Waals surface area contributed by atoms with E-state index in [1.807, 2.05) is 72.8 Å². The van der Waals surface area contributed by atoms with Gasteiger partial charge < -0.3 is 13.7 Å². The Kier molecular flexibility index (Phi) is 5.73. The van der Waals surface area contributed by atoms with E-state index in [0.29, 0.717) is 0 Å². The summed E-state index contributed by atoms with van der Waals surface area (Å²) in [5.41, 5.74) is 5.55. The van der Waals surface area contributed by atoms with E-state index in [9.17, 15) is 0 Å². The normalized spacial score (nSPS) is 11.9. The topological polar surface area (TPSA) is 26.9 Å². The molecule has 8 rings (SSSR count). The summed E-state index contributed by atoms with van der Waals surface area (Å²) < 4.78 is 19.8. The molecular weight excluding hydrogens is 531 g/mol. The second kappa shape index (κ2) is 9.76. The van der Waals surface area contributed by atoms with Gasteiger partial charge in [-0.2, -0.15) is 0 Å². The number of rotatable bonds is 5. The third kappa shape index (κ3) is 3.71. The number of nitrogens with zero attached hydrogens (tertiary/aromatic N) is 2. The van der Waals surface area contributed by atoms with E-state index < -0.39 is 7.14 Å². The van der Waals surface area contributed by atoms with E-state index in [4.69, 9.17) is 0 Å². The number of para-hydroxylation sites is 2. The number of hydrogen-bond acceptors (Lipinski definition) is 1. The summed E-state index contributed by atoms with van der Waals surface area (Å²) in [5.74, 6) is 0. The third-order valence-corrected chi connectivity index (χ3v) is 11.3. The van der Waals surface area contributed by atoms with Crippen LogP contribution in [0.4, 0.5) is 0 Å². The molecule has 0 fully saturated rings. The van der Waals surface area contributed by atoms with Crippen LogP contribution in [0.1, 0.15) is 0 Å². The molecule has 6 aromatic carbocycles. The van der Waals surface area contributed by atoms with Gasteiger partial charge >= 0.3 is 0 Å². The van der Waals surface area contributed by atoms with E-state index in [0.717, 1.165) is 43.7 Å². The SMILES string of the molecule is O=P(c1ccccc1)(c1ccccc1)c1cccc(-n2ccc3ccc4c5ccccc5n(-c5ccccc5)c4c32)c1. The first-order chi connectivity index (χ1) is 20.7. The molecule has 0 amide bonds. The Morgan fingerprint density at radius 1 is 0.452 bits per heavy atom. The van der Waals surface area contributed by atoms with Gasteiger partial charge in [0.25, 0.3) is 0 Å². The monoisotopic (exact) mass is 558 g/mol. The average Bonchev–Trinajstić information content (AvgIpc) is 3.65. The Morgan fingerprint density at radius 3 is 1.76 bits per heavy atom. The fraction of sp³-hybridized carbons (Fsp3) is 0. The van der Waals surface area contributed by atoms with Crippen molar-refractivity contribution >= 4 is 55.8 Å². The van der Waals surface area contributed by atoms with Crippen molar-refractivity contribution in [1.82, 2.24) is 9.13 Å². The lowest BCUT2D eigenvalue weighted by atomic mass is 10.1. The van der Waals surface area contributed by atoms with Crippen LogP contribution in [-0.4, -0.2) is 9.13 Å². The van der Waals surface area contributed by atoms with Gasteiger partial charge in [0.15, 0.2) is 7.14 Å². The van der Waals surface area contributed by atoms with Crippen molar-refractivity contribution in [3.8, 4) is 11.4 Å². The minimum atomic E-state index is -3.11. The lowest BCUT2D eigenvalue weighted by Crippen LogP contribution is -2.25. The van der Waals surface area contributed by atoms with Crippen LogP contribution in [0.2, 0.25) is 0 Å². The summed E-state index contributed by atoms with van der Waals surface area (Å²) in [6.45, 7) is 0. The average molecular weight is 559 g/mol. The van der Waals surface area contributed by atoms with Crippen molar-refractivity contribution in [2.45, 2.75) is 0 Å². The Bertz CT molecular complexity index is 2220. The van der Waals surface area contributed by atoms with Gasteiger partial charge in [0, 0.05) is 49.6 Å². The van der Waals surface area contributed by atoms with Gasteiger partial charge in [-0.3, -0.25) is 0 Å². The van der Waals surface area contributed by atoms with Crippen LogP contribution in [0.25, 0.3) is 44.1 Å². The summed E-state index contributed by atoms with van der Waals surface area (Å²) in [7, 11) is -3.11. The first-order valence-electron chi connectivity index (χ1n) is 14.1. The van der Waals surface area contributed by atoms with Gasteiger partial charge in [0.2, 0.25) is 0 Å². The van der Waals surface area contributed by atoms with Gasteiger partial charge in [-0.05, 0) is 36.4 Å². The van der Waals surface area contributed by atoms with Crippen LogP contribution in [0.15, 0.2) is 164 Å². The molecule has 0 saturated carbocycles. The lowest BCUT2D eigenvalue weighted by Gasteiger charge is -2.21. The zero-order valence-electron chi connectivity index (χ0n) is 22.8. The van der Waals surface area contributed by atoms with Crippen LogP contribution < -0.4 is 15.9 Å². The van der Waals surface area contributed by atoms with Crippen LogP contribution in [0.5, 0.6) is 0 Å². The maximum absolute atomic E-state index is 15.2. The molecule has 200 valence electrons. The Hall–Kier alpha value is -5.11. The quantitative estimate of drug-likeness (QED) is 0.195. The van der Waals surface area contributed by atoms with Gasteiger partial charge in [-0.15, -0.1) is 0 Å². The molecule has 0 aliphatic rings. The Morgan fingerprint density at radius 2 is 1.05 bits per heavy atom. The summed E-state index contributed by atoms with van der Waals surface area (Å²) in [4.78, 5) is 0. The molecule has 0 radical (unpaired) electrons. The highest BCUT2D eigenvalue weighted by Gasteiger charge is 2.30. The number of benzene rings is 6. The molecule has 0 spiro atoms. The predicted octanol–water partition coefficient (Wildman–Crippen LogP) is 8.37. The van der Waals surface area contributed by atoms with Gasteiger partial charge in [-0.25, -0.2) is 0 Å².